The Kier molecular flexibility index (Phi) is 19.5. The summed E-state index contributed by atoms with van der Waals surface area (Å²) in [7, 11) is 1.71. The summed E-state index contributed by atoms with van der Waals surface area (Å²) >= 11 is 0. The van der Waals surface area contributed by atoms with Crippen molar-refractivity contribution in [3.63, 3.8) is 0 Å². The van der Waals surface area contributed by atoms with Crippen molar-refractivity contribution in [1.82, 2.24) is 13.7 Å². The van der Waals surface area contributed by atoms with E-state index < -0.39 is 0 Å². The number of ether oxygens (including phenoxy) is 1. The van der Waals surface area contributed by atoms with Gasteiger partial charge in [0.25, 0.3) is 0 Å². The minimum atomic E-state index is 0.863. The van der Waals surface area contributed by atoms with E-state index in [-0.39, 0.29) is 0 Å². The second-order valence-electron chi connectivity index (χ2n) is 33.9. The zero-order valence-electron chi connectivity index (χ0n) is 72.1. The highest BCUT2D eigenvalue weighted by atomic mass is 16.5. The monoisotopic (exact) mass is 1670 g/mol. The predicted octanol–water partition coefficient (Wildman–Crippen LogP) is 34.6. The van der Waals surface area contributed by atoms with Crippen LogP contribution in [0.15, 0.2) is 497 Å². The van der Waals surface area contributed by atoms with E-state index >= 15 is 0 Å². The minimum absolute atomic E-state index is 0.863. The van der Waals surface area contributed by atoms with Gasteiger partial charge in [0, 0.05) is 49.4 Å². The zero-order chi connectivity index (χ0) is 86.8. The topological polar surface area (TPSA) is 24.0 Å². The van der Waals surface area contributed by atoms with E-state index in [1.165, 1.54) is 230 Å². The molecule has 0 bridgehead atoms. The third-order valence-corrected chi connectivity index (χ3v) is 26.7. The molecule has 0 N–H and O–H groups in total. The number of methoxy groups -OCH3 is 1. The van der Waals surface area contributed by atoms with Crippen molar-refractivity contribution < 1.29 is 4.74 Å². The van der Waals surface area contributed by atoms with Crippen LogP contribution in [0.2, 0.25) is 0 Å². The molecule has 0 aliphatic carbocycles. The Balaban J connectivity index is 0.000000109. The summed E-state index contributed by atoms with van der Waals surface area (Å²) in [4.78, 5) is 0. The maximum absolute atomic E-state index is 5.44. The number of para-hydroxylation sites is 6. The van der Waals surface area contributed by atoms with Crippen LogP contribution in [0.3, 0.4) is 0 Å². The van der Waals surface area contributed by atoms with E-state index in [9.17, 15) is 0 Å². The smallest absolute Gasteiger partial charge is 0.118 e. The van der Waals surface area contributed by atoms with E-state index in [2.05, 4.69) is 499 Å². The van der Waals surface area contributed by atoms with Gasteiger partial charge in [-0.05, 0) is 245 Å². The van der Waals surface area contributed by atoms with Crippen molar-refractivity contribution in [3.8, 4) is 112 Å². The van der Waals surface area contributed by atoms with E-state index in [0.29, 0.717) is 0 Å². The molecule has 23 aromatic carbocycles. The first kappa shape index (κ1) is 77.4. The van der Waals surface area contributed by atoms with E-state index in [1.54, 1.807) is 7.11 Å². The standard InChI is InChI=1S/2C44H29N.C39H27NO/c1-2-13-30(14-3-1)32-15-12-16-33(29-32)44-39-21-6-4-19-37(39)43(38-20-5-7-22-40(38)44)31-25-27-34(28-26-31)45-41-23-10-8-17-35(41)36-18-9-11-24-42(36)45;1-2-12-30(13-3-1)31-22-24-32(25-23-31)43-37-16-4-6-18-39(37)44(40-19-7-5-17-38(40)43)33-26-28-34(29-27-33)45-41-20-10-8-14-35(41)36-15-9-11-21-42(36)45;1-41-29-24-20-27(21-25-29)39-34-14-4-2-12-32(34)38(33-13-3-5-15-35(33)39)26-18-22-28(23-19-26)40-36-16-8-6-10-30(36)31-11-7-9-17-37(31)40/h2*1-29H;2-25H,1H3. The molecule has 0 aliphatic heterocycles. The molecule has 26 rings (SSSR count). The first-order valence-corrected chi connectivity index (χ1v) is 45.1. The molecule has 0 radical (unpaired) electrons. The lowest BCUT2D eigenvalue weighted by Gasteiger charge is -2.18. The molecule has 0 atom stereocenters. The van der Waals surface area contributed by atoms with Crippen LogP contribution in [0.1, 0.15) is 0 Å². The molecule has 0 saturated heterocycles. The second kappa shape index (κ2) is 33.0. The molecule has 4 heteroatoms. The third-order valence-electron chi connectivity index (χ3n) is 26.7. The summed E-state index contributed by atoms with van der Waals surface area (Å²) in [6.45, 7) is 0. The number of nitrogens with zero attached hydrogens (tertiary/aromatic N) is 3. The predicted molar refractivity (Wildman–Crippen MR) is 557 cm³/mol. The minimum Gasteiger partial charge on any atom is -0.497 e. The molecule has 0 spiro atoms. The molecule has 0 amide bonds. The van der Waals surface area contributed by atoms with Gasteiger partial charge in [0.2, 0.25) is 0 Å². The SMILES string of the molecule is COc1ccc(-c2c3ccccc3c(-c3ccc(-n4c5ccccc5c5ccccc54)cc3)c3ccccc23)cc1.c1ccc(-c2ccc(-c3c4ccccc4c(-c4ccc(-n5c6ccccc6c6ccccc65)cc4)c4ccccc34)cc2)cc1.c1ccc(-c2cccc(-c3c4ccccc4c(-c4ccc(-n5c6ccccc6c6ccccc65)cc4)c4ccccc34)c2)cc1. The molecular formula is C127H85N3O. The molecule has 0 saturated carbocycles. The molecular weight excluding hydrogens is 1580 g/mol. The summed E-state index contributed by atoms with van der Waals surface area (Å²) in [5, 5.41) is 22.8. The Bertz CT molecular complexity index is 8560. The maximum Gasteiger partial charge on any atom is 0.118 e. The average Bonchev–Trinajstić information content (AvgIpc) is 1.65. The highest BCUT2D eigenvalue weighted by Crippen LogP contribution is 2.50. The van der Waals surface area contributed by atoms with Gasteiger partial charge in [0.1, 0.15) is 5.75 Å². The van der Waals surface area contributed by atoms with Gasteiger partial charge < -0.3 is 18.4 Å². The lowest BCUT2D eigenvalue weighted by Crippen LogP contribution is -1.94. The first-order valence-electron chi connectivity index (χ1n) is 45.1. The second-order valence-corrected chi connectivity index (χ2v) is 33.9. The highest BCUT2D eigenvalue weighted by molar-refractivity contribution is 6.25. The van der Waals surface area contributed by atoms with E-state index in [4.69, 9.17) is 4.74 Å². The third kappa shape index (κ3) is 13.5. The Morgan fingerprint density at radius 2 is 0.298 bits per heavy atom. The fourth-order valence-electron chi connectivity index (χ4n) is 20.9. The van der Waals surface area contributed by atoms with Gasteiger partial charge in [-0.25, -0.2) is 0 Å². The van der Waals surface area contributed by atoms with Crippen LogP contribution in [0.5, 0.6) is 5.75 Å². The first-order chi connectivity index (χ1) is 65.0. The van der Waals surface area contributed by atoms with Gasteiger partial charge in [-0.3, -0.25) is 0 Å². The Morgan fingerprint density at radius 3 is 0.542 bits per heavy atom. The van der Waals surface area contributed by atoms with Crippen LogP contribution < -0.4 is 4.74 Å². The maximum atomic E-state index is 5.44. The Morgan fingerprint density at radius 1 is 0.130 bits per heavy atom. The number of hydrogen-bond acceptors (Lipinski definition) is 1. The van der Waals surface area contributed by atoms with Gasteiger partial charge in [-0.2, -0.15) is 0 Å². The molecule has 131 heavy (non-hydrogen) atoms. The van der Waals surface area contributed by atoms with Crippen molar-refractivity contribution in [2.75, 3.05) is 7.11 Å². The number of benzene rings is 23. The largest absolute Gasteiger partial charge is 0.497 e. The number of rotatable bonds is 12. The van der Waals surface area contributed by atoms with Crippen LogP contribution >= 0.6 is 0 Å². The fraction of sp³-hybridized carbons (Fsp3) is 0.00787. The Labute approximate surface area is 759 Å². The van der Waals surface area contributed by atoms with Crippen LogP contribution in [0.4, 0.5) is 0 Å². The lowest BCUT2D eigenvalue weighted by molar-refractivity contribution is 0.415. The summed E-state index contributed by atoms with van der Waals surface area (Å²) in [6.07, 6.45) is 0. The molecule has 3 heterocycles. The molecule has 0 fully saturated rings. The number of aromatic nitrogens is 3. The summed E-state index contributed by atoms with van der Waals surface area (Å²) in [5.41, 5.74) is 30.7. The Hall–Kier alpha value is -17.2. The van der Waals surface area contributed by atoms with E-state index in [1.807, 2.05) is 12.1 Å². The normalized spacial score (nSPS) is 11.5. The molecule has 0 unspecified atom stereocenters. The van der Waals surface area contributed by atoms with Crippen LogP contribution in [-0.4, -0.2) is 20.8 Å². The van der Waals surface area contributed by atoms with Gasteiger partial charge >= 0.3 is 0 Å². The van der Waals surface area contributed by atoms with Gasteiger partial charge in [-0.1, -0.05) is 406 Å². The van der Waals surface area contributed by atoms with Gasteiger partial charge in [-0.15, -0.1) is 0 Å². The van der Waals surface area contributed by atoms with Crippen LogP contribution in [0.25, 0.3) is 236 Å². The summed E-state index contributed by atoms with van der Waals surface area (Å²) < 4.78 is 12.6. The van der Waals surface area contributed by atoms with Crippen molar-refractivity contribution in [1.29, 1.82) is 0 Å². The number of hydrogen-bond donors (Lipinski definition) is 0. The summed E-state index contributed by atoms with van der Waals surface area (Å²) in [5.74, 6) is 0.863. The van der Waals surface area contributed by atoms with Crippen LogP contribution in [0, 0.1) is 0 Å². The molecule has 26 aromatic rings. The lowest BCUT2D eigenvalue weighted by atomic mass is 9.85. The van der Waals surface area contributed by atoms with Crippen molar-refractivity contribution >= 4 is 130 Å². The fourth-order valence-corrected chi connectivity index (χ4v) is 20.9. The van der Waals surface area contributed by atoms with Crippen molar-refractivity contribution in [3.05, 3.63) is 497 Å². The van der Waals surface area contributed by atoms with Crippen molar-refractivity contribution in [2.45, 2.75) is 0 Å². The molecule has 614 valence electrons. The van der Waals surface area contributed by atoms with Gasteiger partial charge in [0.05, 0.1) is 40.2 Å². The average molecular weight is 1670 g/mol. The number of fused-ring (bicyclic) bond motifs is 15. The van der Waals surface area contributed by atoms with Crippen LogP contribution in [-0.2, 0) is 0 Å². The van der Waals surface area contributed by atoms with Gasteiger partial charge in [0.15, 0.2) is 0 Å². The highest BCUT2D eigenvalue weighted by Gasteiger charge is 2.24. The quantitative estimate of drug-likeness (QED) is 0.112. The zero-order valence-corrected chi connectivity index (χ0v) is 72.1. The van der Waals surface area contributed by atoms with E-state index in [0.717, 1.165) is 11.4 Å². The molecule has 0 aliphatic rings. The van der Waals surface area contributed by atoms with Crippen molar-refractivity contribution in [2.24, 2.45) is 0 Å². The molecule has 4 nitrogen and oxygen atoms in total. The molecule has 3 aromatic heterocycles. The summed E-state index contributed by atoms with van der Waals surface area (Å²) in [6, 6.07) is 180.